The van der Waals surface area contributed by atoms with Crippen molar-refractivity contribution in [3.63, 3.8) is 0 Å². The molecule has 2 aromatic carbocycles. The molecule has 2 aromatic rings. The minimum Gasteiger partial charge on any atom is -0.490 e. The van der Waals surface area contributed by atoms with E-state index < -0.39 is 29.4 Å². The number of hydrogen-bond acceptors (Lipinski definition) is 6. The number of rotatable bonds is 9. The molecule has 0 aliphatic carbocycles. The summed E-state index contributed by atoms with van der Waals surface area (Å²) in [5, 5.41) is 2.00. The highest BCUT2D eigenvalue weighted by Gasteiger charge is 2.36. The Morgan fingerprint density at radius 2 is 1.85 bits per heavy atom. The smallest absolute Gasteiger partial charge is 0.294 e. The molecule has 0 bridgehead atoms. The van der Waals surface area contributed by atoms with Gasteiger partial charge in [0, 0.05) is 5.69 Å². The van der Waals surface area contributed by atoms with Gasteiger partial charge in [0.05, 0.1) is 18.1 Å². The summed E-state index contributed by atoms with van der Waals surface area (Å²) in [5.41, 5.74) is 1.03. The number of nitrogens with zero attached hydrogens (tertiary/aromatic N) is 1. The minimum absolute atomic E-state index is 0.202. The number of benzene rings is 2. The molecule has 0 saturated carbocycles. The molecule has 0 radical (unpaired) electrons. The van der Waals surface area contributed by atoms with Gasteiger partial charge in [0.1, 0.15) is 12.4 Å². The Hall–Kier alpha value is -3.33. The molecule has 174 valence electrons. The van der Waals surface area contributed by atoms with Crippen molar-refractivity contribution in [1.29, 1.82) is 0 Å². The third-order valence-corrected chi connectivity index (χ3v) is 5.35. The van der Waals surface area contributed by atoms with Crippen LogP contribution in [0.25, 0.3) is 6.08 Å². The zero-order valence-corrected chi connectivity index (χ0v) is 19.4. The van der Waals surface area contributed by atoms with E-state index in [1.54, 1.807) is 24.3 Å². The normalized spacial score (nSPS) is 14.8. The Morgan fingerprint density at radius 1 is 1.12 bits per heavy atom. The summed E-state index contributed by atoms with van der Waals surface area (Å²) < 4.78 is 24.4. The zero-order chi connectivity index (χ0) is 24.0. The molecule has 3 rings (SSSR count). The molecule has 1 N–H and O–H groups in total. The molecule has 0 unspecified atom stereocenters. The van der Waals surface area contributed by atoms with Gasteiger partial charge in [-0.3, -0.25) is 19.3 Å². The van der Waals surface area contributed by atoms with E-state index in [1.165, 1.54) is 24.3 Å². The number of anilines is 1. The van der Waals surface area contributed by atoms with Gasteiger partial charge in [0.15, 0.2) is 11.5 Å². The number of nitrogens with one attached hydrogen (secondary N) is 1. The van der Waals surface area contributed by atoms with Crippen LogP contribution in [0.4, 0.5) is 14.9 Å². The highest BCUT2D eigenvalue weighted by Crippen LogP contribution is 2.34. The molecule has 0 atom stereocenters. The van der Waals surface area contributed by atoms with Gasteiger partial charge in [0.2, 0.25) is 5.91 Å². The van der Waals surface area contributed by atoms with Crippen molar-refractivity contribution < 1.29 is 28.2 Å². The second-order valence-electron chi connectivity index (χ2n) is 7.67. The molecule has 1 aliphatic rings. The number of imide groups is 1. The van der Waals surface area contributed by atoms with Crippen LogP contribution in [0.2, 0.25) is 0 Å². The number of halogens is 1. The first-order valence-electron chi connectivity index (χ1n) is 10.5. The maximum absolute atomic E-state index is 13.0. The Balaban J connectivity index is 1.71. The van der Waals surface area contributed by atoms with Crippen LogP contribution in [0.1, 0.15) is 26.3 Å². The molecule has 1 aliphatic heterocycles. The lowest BCUT2D eigenvalue weighted by Gasteiger charge is -2.14. The topological polar surface area (TPSA) is 84.9 Å². The van der Waals surface area contributed by atoms with Gasteiger partial charge >= 0.3 is 0 Å². The lowest BCUT2D eigenvalue weighted by molar-refractivity contribution is -0.127. The van der Waals surface area contributed by atoms with Crippen molar-refractivity contribution in [2.24, 2.45) is 5.92 Å². The monoisotopic (exact) mass is 472 g/mol. The molecule has 1 saturated heterocycles. The van der Waals surface area contributed by atoms with Crippen molar-refractivity contribution in [1.82, 2.24) is 4.90 Å². The van der Waals surface area contributed by atoms with Crippen molar-refractivity contribution in [3.05, 3.63) is 58.8 Å². The Morgan fingerprint density at radius 3 is 2.52 bits per heavy atom. The lowest BCUT2D eigenvalue weighted by atomic mass is 10.1. The van der Waals surface area contributed by atoms with Crippen LogP contribution in [0.15, 0.2) is 47.4 Å². The molecule has 1 heterocycles. The third kappa shape index (κ3) is 6.58. The average Bonchev–Trinajstić information content (AvgIpc) is 3.02. The van der Waals surface area contributed by atoms with Gasteiger partial charge in [0.25, 0.3) is 11.1 Å². The van der Waals surface area contributed by atoms with Gasteiger partial charge in [-0.05, 0) is 72.6 Å². The second kappa shape index (κ2) is 11.0. The quantitative estimate of drug-likeness (QED) is 0.521. The van der Waals surface area contributed by atoms with Crippen LogP contribution < -0.4 is 14.8 Å². The van der Waals surface area contributed by atoms with Gasteiger partial charge in [-0.2, -0.15) is 0 Å². The lowest BCUT2D eigenvalue weighted by Crippen LogP contribution is -2.36. The third-order valence-electron chi connectivity index (χ3n) is 4.44. The van der Waals surface area contributed by atoms with Crippen LogP contribution >= 0.6 is 11.8 Å². The van der Waals surface area contributed by atoms with E-state index in [4.69, 9.17) is 9.47 Å². The molecular weight excluding hydrogens is 447 g/mol. The predicted octanol–water partition coefficient (Wildman–Crippen LogP) is 4.93. The Kier molecular flexibility index (Phi) is 8.11. The number of hydrogen-bond donors (Lipinski definition) is 1. The van der Waals surface area contributed by atoms with Crippen LogP contribution in [-0.4, -0.2) is 41.7 Å². The first kappa shape index (κ1) is 24.3. The van der Waals surface area contributed by atoms with E-state index >= 15 is 0 Å². The summed E-state index contributed by atoms with van der Waals surface area (Å²) >= 11 is 0.761. The maximum Gasteiger partial charge on any atom is 0.294 e. The maximum atomic E-state index is 13.0. The van der Waals surface area contributed by atoms with Crippen LogP contribution in [0.3, 0.4) is 0 Å². The number of carbonyl (C=O) groups is 3. The summed E-state index contributed by atoms with van der Waals surface area (Å²) in [7, 11) is 0. The Labute approximate surface area is 195 Å². The standard InChI is InChI=1S/C24H25FN2O5S/c1-4-31-20-11-16(5-10-19(20)32-14-15(2)3)12-21-23(29)27(24(30)33-21)13-22(28)26-18-8-6-17(25)7-9-18/h5-12,15H,4,13-14H2,1-3H3,(H,26,28)/b21-12-. The van der Waals surface area contributed by atoms with Crippen LogP contribution in [0.5, 0.6) is 11.5 Å². The first-order valence-corrected chi connectivity index (χ1v) is 11.3. The van der Waals surface area contributed by atoms with Crippen molar-refractivity contribution in [3.8, 4) is 11.5 Å². The van der Waals surface area contributed by atoms with Gasteiger partial charge < -0.3 is 14.8 Å². The van der Waals surface area contributed by atoms with Crippen LogP contribution in [-0.2, 0) is 9.59 Å². The summed E-state index contributed by atoms with van der Waals surface area (Å²) in [6.07, 6.45) is 1.58. The highest BCUT2D eigenvalue weighted by molar-refractivity contribution is 8.18. The molecule has 0 spiro atoms. The summed E-state index contributed by atoms with van der Waals surface area (Å²) in [4.78, 5) is 38.4. The van der Waals surface area contributed by atoms with Gasteiger partial charge in [-0.15, -0.1) is 0 Å². The average molecular weight is 473 g/mol. The van der Waals surface area contributed by atoms with Crippen molar-refractivity contribution in [2.45, 2.75) is 20.8 Å². The fraction of sp³-hybridized carbons (Fsp3) is 0.292. The van der Waals surface area contributed by atoms with Crippen molar-refractivity contribution >= 4 is 40.6 Å². The van der Waals surface area contributed by atoms with Crippen molar-refractivity contribution in [2.75, 3.05) is 25.1 Å². The molecule has 9 heteroatoms. The van der Waals surface area contributed by atoms with E-state index in [2.05, 4.69) is 5.32 Å². The fourth-order valence-electron chi connectivity index (χ4n) is 2.92. The van der Waals surface area contributed by atoms with Crippen LogP contribution in [0, 0.1) is 11.7 Å². The van der Waals surface area contributed by atoms with E-state index in [-0.39, 0.29) is 4.91 Å². The minimum atomic E-state index is -0.560. The van der Waals surface area contributed by atoms with Gasteiger partial charge in [-0.25, -0.2) is 4.39 Å². The predicted molar refractivity (Wildman–Crippen MR) is 126 cm³/mol. The summed E-state index contributed by atoms with van der Waals surface area (Å²) in [6, 6.07) is 10.5. The molecule has 33 heavy (non-hydrogen) atoms. The number of thioether (sulfide) groups is 1. The summed E-state index contributed by atoms with van der Waals surface area (Å²) in [5.74, 6) is -0.0482. The highest BCUT2D eigenvalue weighted by atomic mass is 32.2. The van der Waals surface area contributed by atoms with E-state index in [1.807, 2.05) is 20.8 Å². The summed E-state index contributed by atoms with van der Waals surface area (Å²) in [6.45, 7) is 6.50. The number of carbonyl (C=O) groups excluding carboxylic acids is 3. The first-order chi connectivity index (χ1) is 15.8. The number of ether oxygens (including phenoxy) is 2. The zero-order valence-electron chi connectivity index (χ0n) is 18.6. The molecule has 7 nitrogen and oxygen atoms in total. The molecule has 0 aromatic heterocycles. The van der Waals surface area contributed by atoms with Gasteiger partial charge in [-0.1, -0.05) is 19.9 Å². The second-order valence-corrected chi connectivity index (χ2v) is 8.66. The fourth-order valence-corrected chi connectivity index (χ4v) is 3.76. The number of amides is 3. The molecular formula is C24H25FN2O5S. The van der Waals surface area contributed by atoms with E-state index in [0.29, 0.717) is 41.9 Å². The van der Waals surface area contributed by atoms with E-state index in [9.17, 15) is 18.8 Å². The van der Waals surface area contributed by atoms with E-state index in [0.717, 1.165) is 16.7 Å². The largest absolute Gasteiger partial charge is 0.490 e. The SMILES string of the molecule is CCOc1cc(/C=C2\SC(=O)N(CC(=O)Nc3ccc(F)cc3)C2=O)ccc1OCC(C)C. The molecule has 1 fully saturated rings. The molecule has 3 amide bonds. The Bertz CT molecular complexity index is 1070.